The van der Waals surface area contributed by atoms with Crippen molar-refractivity contribution in [2.75, 3.05) is 18.9 Å². The number of anilines is 1. The van der Waals surface area contributed by atoms with E-state index in [1.807, 2.05) is 6.07 Å². The summed E-state index contributed by atoms with van der Waals surface area (Å²) in [5, 5.41) is 21.7. The molecule has 7 nitrogen and oxygen atoms in total. The van der Waals surface area contributed by atoms with Crippen molar-refractivity contribution in [1.29, 1.82) is 0 Å². The van der Waals surface area contributed by atoms with Gasteiger partial charge in [-0.3, -0.25) is 9.59 Å². The second-order valence-corrected chi connectivity index (χ2v) is 9.33. The van der Waals surface area contributed by atoms with E-state index in [1.165, 1.54) is 24.6 Å². The first-order chi connectivity index (χ1) is 15.3. The predicted octanol–water partition coefficient (Wildman–Crippen LogP) is 2.98. The predicted molar refractivity (Wildman–Crippen MR) is 119 cm³/mol. The van der Waals surface area contributed by atoms with Crippen LogP contribution in [-0.4, -0.2) is 52.5 Å². The van der Waals surface area contributed by atoms with E-state index >= 15 is 0 Å². The largest absolute Gasteiger partial charge is 0.508 e. The lowest BCUT2D eigenvalue weighted by Crippen LogP contribution is -2.65. The Balaban J connectivity index is 0.000000168. The Labute approximate surface area is 187 Å². The number of hydrogen-bond acceptors (Lipinski definition) is 6. The van der Waals surface area contributed by atoms with Gasteiger partial charge in [0.2, 0.25) is 5.91 Å². The van der Waals surface area contributed by atoms with E-state index in [9.17, 15) is 14.7 Å². The van der Waals surface area contributed by atoms with E-state index in [-0.39, 0.29) is 34.7 Å². The molecule has 1 saturated heterocycles. The highest BCUT2D eigenvalue weighted by atomic mass is 16.5. The number of likely N-dealkylation sites (N-methyl/N-ethyl adjacent to an activating group) is 1. The average molecular weight is 437 g/mol. The lowest BCUT2D eigenvalue weighted by Gasteiger charge is -2.57. The molecule has 7 heteroatoms. The summed E-state index contributed by atoms with van der Waals surface area (Å²) in [6.07, 6.45) is 3.18. The van der Waals surface area contributed by atoms with Crippen LogP contribution in [0.2, 0.25) is 0 Å². The van der Waals surface area contributed by atoms with Crippen LogP contribution in [-0.2, 0) is 21.4 Å². The number of amides is 1. The fourth-order valence-corrected chi connectivity index (χ4v) is 6.27. The van der Waals surface area contributed by atoms with Gasteiger partial charge in [0.25, 0.3) is 0 Å². The second kappa shape index (κ2) is 7.52. The quantitative estimate of drug-likeness (QED) is 0.595. The van der Waals surface area contributed by atoms with Crippen LogP contribution < -0.4 is 10.1 Å². The number of carbonyl (C=O) groups excluding carboxylic acids is 2. The molecule has 1 spiro atoms. The molecule has 6 rings (SSSR count). The maximum atomic E-state index is 12.5. The summed E-state index contributed by atoms with van der Waals surface area (Å²) in [7, 11) is 2.20. The third-order valence-electron chi connectivity index (χ3n) is 7.57. The van der Waals surface area contributed by atoms with Gasteiger partial charge in [0.1, 0.15) is 5.75 Å². The van der Waals surface area contributed by atoms with E-state index in [2.05, 4.69) is 17.3 Å². The highest BCUT2D eigenvalue weighted by Gasteiger charge is 2.65. The monoisotopic (exact) mass is 436 g/mol. The number of rotatable bonds is 1. The summed E-state index contributed by atoms with van der Waals surface area (Å²) in [6, 6.07) is 10.6. The Hall–Kier alpha value is -3.06. The summed E-state index contributed by atoms with van der Waals surface area (Å²) in [4.78, 5) is 25.5. The van der Waals surface area contributed by atoms with Gasteiger partial charge < -0.3 is 25.2 Å². The number of ether oxygens (including phenoxy) is 1. The Morgan fingerprint density at radius 1 is 1.19 bits per heavy atom. The maximum absolute atomic E-state index is 12.5. The van der Waals surface area contributed by atoms with Crippen molar-refractivity contribution < 1.29 is 24.5 Å². The number of nitrogens with one attached hydrogen (secondary N) is 1. The summed E-state index contributed by atoms with van der Waals surface area (Å²) in [6.45, 7) is 2.44. The van der Waals surface area contributed by atoms with Crippen molar-refractivity contribution in [2.24, 2.45) is 5.92 Å². The molecule has 4 aliphatic rings. The summed E-state index contributed by atoms with van der Waals surface area (Å²) in [5.41, 5.74) is 2.95. The Bertz CT molecular complexity index is 1080. The molecule has 1 saturated carbocycles. The van der Waals surface area contributed by atoms with E-state index in [1.54, 1.807) is 18.2 Å². The molecular formula is C25H28N2O5. The maximum Gasteiger partial charge on any atom is 0.221 e. The van der Waals surface area contributed by atoms with Crippen molar-refractivity contribution in [3.8, 4) is 17.2 Å². The van der Waals surface area contributed by atoms with Gasteiger partial charge in [-0.05, 0) is 74.7 Å². The van der Waals surface area contributed by atoms with Gasteiger partial charge in [0.05, 0.1) is 0 Å². The third-order valence-corrected chi connectivity index (χ3v) is 7.57. The summed E-state index contributed by atoms with van der Waals surface area (Å²) >= 11 is 0. The molecule has 32 heavy (non-hydrogen) atoms. The van der Waals surface area contributed by atoms with Gasteiger partial charge in [0, 0.05) is 36.1 Å². The van der Waals surface area contributed by atoms with E-state index < -0.39 is 0 Å². The molecule has 1 amide bonds. The first kappa shape index (κ1) is 20.8. The number of phenols is 2. The van der Waals surface area contributed by atoms with Gasteiger partial charge in [-0.2, -0.15) is 0 Å². The van der Waals surface area contributed by atoms with Crippen molar-refractivity contribution in [2.45, 2.75) is 50.2 Å². The number of Topliss-reactive ketones (excluding diaryl/α,β-unsaturated/α-hetero) is 1. The number of hydrogen-bond donors (Lipinski definition) is 3. The molecule has 2 aliphatic carbocycles. The first-order valence-electron chi connectivity index (χ1n) is 11.1. The van der Waals surface area contributed by atoms with Crippen molar-refractivity contribution in [1.82, 2.24) is 4.90 Å². The van der Waals surface area contributed by atoms with Crippen molar-refractivity contribution >= 4 is 17.4 Å². The molecule has 0 unspecified atom stereocenters. The summed E-state index contributed by atoms with van der Waals surface area (Å²) < 4.78 is 6.04. The summed E-state index contributed by atoms with van der Waals surface area (Å²) in [5.74, 6) is 1.57. The number of likely N-dealkylation sites (tertiary alicyclic amines) is 1. The standard InChI is InChI=1S/C17H19NO3.C8H9NO2/c1-18-7-6-17-10-3-5-13(20)16(17)21-15-12(19)4-2-9(14(15)17)8-11(10)18;1-6(10)9-7-2-4-8(11)5-3-7/h2,4,10-11,16,19H,3,5-8H2,1H3;2-5,11H,1H3,(H,9,10)/t10-,11+,16-,17-;/m0./s1. The minimum absolute atomic E-state index is 0.115. The molecule has 0 aromatic heterocycles. The third kappa shape index (κ3) is 3.06. The molecule has 2 aromatic carbocycles. The average Bonchev–Trinajstić information content (AvgIpc) is 3.12. The molecular weight excluding hydrogens is 408 g/mol. The topological polar surface area (TPSA) is 99.1 Å². The van der Waals surface area contributed by atoms with Crippen LogP contribution >= 0.6 is 0 Å². The Kier molecular flexibility index (Phi) is 4.89. The van der Waals surface area contributed by atoms with Gasteiger partial charge in [0.15, 0.2) is 23.4 Å². The number of carbonyl (C=O) groups is 2. The lowest BCUT2D eigenvalue weighted by molar-refractivity contribution is -0.138. The highest BCUT2D eigenvalue weighted by Crippen LogP contribution is 2.62. The number of phenolic OH excluding ortho intramolecular Hbond substituents is 2. The van der Waals surface area contributed by atoms with E-state index in [0.29, 0.717) is 29.8 Å². The number of piperidine rings is 1. The van der Waals surface area contributed by atoms with Crippen LogP contribution in [0.3, 0.4) is 0 Å². The van der Waals surface area contributed by atoms with Crippen LogP contribution in [0.25, 0.3) is 0 Å². The van der Waals surface area contributed by atoms with Crippen LogP contribution in [0.4, 0.5) is 5.69 Å². The van der Waals surface area contributed by atoms with Gasteiger partial charge in [-0.15, -0.1) is 0 Å². The molecule has 168 valence electrons. The van der Waals surface area contributed by atoms with Gasteiger partial charge in [-0.25, -0.2) is 0 Å². The fourth-order valence-electron chi connectivity index (χ4n) is 6.27. The minimum atomic E-state index is -0.366. The number of benzene rings is 2. The van der Waals surface area contributed by atoms with Gasteiger partial charge in [-0.1, -0.05) is 6.07 Å². The van der Waals surface area contributed by atoms with Crippen molar-refractivity contribution in [3.05, 3.63) is 47.5 Å². The van der Waals surface area contributed by atoms with E-state index in [4.69, 9.17) is 9.84 Å². The van der Waals surface area contributed by atoms with Gasteiger partial charge >= 0.3 is 0 Å². The smallest absolute Gasteiger partial charge is 0.221 e. The number of nitrogens with zero attached hydrogens (tertiary/aromatic N) is 1. The van der Waals surface area contributed by atoms with Crippen LogP contribution in [0.15, 0.2) is 36.4 Å². The highest BCUT2D eigenvalue weighted by molar-refractivity contribution is 5.89. The Morgan fingerprint density at radius 2 is 1.94 bits per heavy atom. The molecule has 4 atom stereocenters. The molecule has 2 aromatic rings. The van der Waals surface area contributed by atoms with Crippen molar-refractivity contribution in [3.63, 3.8) is 0 Å². The van der Waals surface area contributed by atoms with Crippen LogP contribution in [0.5, 0.6) is 17.2 Å². The lowest BCUT2D eigenvalue weighted by atomic mass is 9.52. The second-order valence-electron chi connectivity index (χ2n) is 9.33. The molecule has 2 aliphatic heterocycles. The molecule has 2 bridgehead atoms. The van der Waals surface area contributed by atoms with Crippen LogP contribution in [0.1, 0.15) is 37.3 Å². The number of ketones is 1. The van der Waals surface area contributed by atoms with Crippen LogP contribution in [0, 0.1) is 5.92 Å². The minimum Gasteiger partial charge on any atom is -0.508 e. The molecule has 3 N–H and O–H groups in total. The first-order valence-corrected chi connectivity index (χ1v) is 11.1. The molecule has 2 heterocycles. The zero-order valence-electron chi connectivity index (χ0n) is 18.3. The fraction of sp³-hybridized carbons (Fsp3) is 0.440. The molecule has 0 radical (unpaired) electrons. The zero-order chi connectivity index (χ0) is 22.6. The Morgan fingerprint density at radius 3 is 2.66 bits per heavy atom. The van der Waals surface area contributed by atoms with E-state index in [0.717, 1.165) is 31.4 Å². The number of aromatic hydroxyl groups is 2. The molecule has 2 fully saturated rings. The zero-order valence-corrected chi connectivity index (χ0v) is 18.3. The normalized spacial score (nSPS) is 29.3. The SMILES string of the molecule is CC(=O)Nc1ccc(O)cc1.CN1CC[C@]23c4c5ccc(O)c4O[C@H]2C(=O)CC[C@H]3[C@H]1C5.